The van der Waals surface area contributed by atoms with E-state index in [0.29, 0.717) is 28.3 Å². The summed E-state index contributed by atoms with van der Waals surface area (Å²) in [7, 11) is 0. The maximum absolute atomic E-state index is 11.2. The minimum atomic E-state index is -0.432. The van der Waals surface area contributed by atoms with Gasteiger partial charge >= 0.3 is 0 Å². The molecule has 2 aromatic rings. The first-order valence-electron chi connectivity index (χ1n) is 6.77. The minimum Gasteiger partial charge on any atom is -0.370 e. The quantitative estimate of drug-likeness (QED) is 0.668. The molecule has 0 aliphatic rings. The minimum absolute atomic E-state index is 0.0333. The monoisotopic (exact) mass is 307 g/mol. The number of nitro benzene ring substituents is 1. The fourth-order valence-corrected chi connectivity index (χ4v) is 2.44. The van der Waals surface area contributed by atoms with Crippen LogP contribution in [0.25, 0.3) is 10.9 Å². The molecule has 21 heavy (non-hydrogen) atoms. The molecule has 0 amide bonds. The van der Waals surface area contributed by atoms with E-state index >= 15 is 0 Å². The third kappa shape index (κ3) is 2.93. The molecule has 0 fully saturated rings. The van der Waals surface area contributed by atoms with Crippen LogP contribution >= 0.6 is 11.6 Å². The number of fused-ring (bicyclic) bond motifs is 1. The summed E-state index contributed by atoms with van der Waals surface area (Å²) >= 11 is 6.20. The van der Waals surface area contributed by atoms with Crippen LogP contribution in [0.4, 0.5) is 11.5 Å². The lowest BCUT2D eigenvalue weighted by atomic mass is 9.86. The number of nitrogens with one attached hydrogen (secondary N) is 1. The average molecular weight is 308 g/mol. The van der Waals surface area contributed by atoms with Gasteiger partial charge in [-0.1, -0.05) is 32.4 Å². The number of hydrogen-bond acceptors (Lipinski definition) is 4. The molecule has 0 bridgehead atoms. The Balaban J connectivity index is 2.86. The Bertz CT molecular complexity index is 708. The lowest BCUT2D eigenvalue weighted by molar-refractivity contribution is -0.383. The largest absolute Gasteiger partial charge is 0.370 e. The highest BCUT2D eigenvalue weighted by Crippen LogP contribution is 2.36. The lowest BCUT2D eigenvalue weighted by Crippen LogP contribution is -2.16. The first-order valence-corrected chi connectivity index (χ1v) is 7.15. The van der Waals surface area contributed by atoms with E-state index in [2.05, 4.69) is 31.1 Å². The van der Waals surface area contributed by atoms with E-state index < -0.39 is 4.92 Å². The van der Waals surface area contributed by atoms with Gasteiger partial charge < -0.3 is 5.32 Å². The zero-order valence-corrected chi connectivity index (χ0v) is 13.3. The van der Waals surface area contributed by atoms with E-state index in [4.69, 9.17) is 11.6 Å². The average Bonchev–Trinajstić information content (AvgIpc) is 2.37. The number of benzene rings is 1. The number of halogens is 1. The fraction of sp³-hybridized carbons (Fsp3) is 0.400. The van der Waals surface area contributed by atoms with Crippen molar-refractivity contribution in [2.75, 3.05) is 11.9 Å². The van der Waals surface area contributed by atoms with Gasteiger partial charge in [-0.05, 0) is 24.5 Å². The Morgan fingerprint density at radius 2 is 2.05 bits per heavy atom. The fourth-order valence-electron chi connectivity index (χ4n) is 2.23. The maximum Gasteiger partial charge on any atom is 0.295 e. The molecule has 0 aliphatic carbocycles. The molecule has 0 unspecified atom stereocenters. The second-order valence-corrected chi connectivity index (χ2v) is 6.29. The number of nitro groups is 1. The van der Waals surface area contributed by atoms with Gasteiger partial charge in [0.2, 0.25) is 0 Å². The van der Waals surface area contributed by atoms with Gasteiger partial charge in [0.25, 0.3) is 5.69 Å². The molecule has 0 aliphatic heterocycles. The standard InChI is InChI=1S/C15H18ClN3O2/c1-5-17-14-10(15(2,3)4)8-9-11(16)6-7-12(19(20)21)13(9)18-14/h6-8H,5H2,1-4H3,(H,17,18). The highest BCUT2D eigenvalue weighted by molar-refractivity contribution is 6.35. The molecule has 6 heteroatoms. The van der Waals surface area contributed by atoms with Crippen LogP contribution in [0.5, 0.6) is 0 Å². The molecule has 112 valence electrons. The van der Waals surface area contributed by atoms with Crippen molar-refractivity contribution in [3.05, 3.63) is 38.9 Å². The summed E-state index contributed by atoms with van der Waals surface area (Å²) in [6.07, 6.45) is 0. The topological polar surface area (TPSA) is 68.1 Å². The summed E-state index contributed by atoms with van der Waals surface area (Å²) in [5, 5.41) is 15.4. The predicted octanol–water partition coefficient (Wildman–Crippen LogP) is 4.53. The normalized spacial score (nSPS) is 11.7. The van der Waals surface area contributed by atoms with Gasteiger partial charge in [-0.15, -0.1) is 0 Å². The SMILES string of the molecule is CCNc1nc2c([N+](=O)[O-])ccc(Cl)c2cc1C(C)(C)C. The summed E-state index contributed by atoms with van der Waals surface area (Å²) in [6, 6.07) is 4.84. The third-order valence-corrected chi connectivity index (χ3v) is 3.59. The van der Waals surface area contributed by atoms with Gasteiger partial charge in [0.05, 0.1) is 9.95 Å². The second kappa shape index (κ2) is 5.48. The van der Waals surface area contributed by atoms with Crippen molar-refractivity contribution in [2.24, 2.45) is 0 Å². The summed E-state index contributed by atoms with van der Waals surface area (Å²) in [5.41, 5.74) is 1.12. The molecular weight excluding hydrogens is 290 g/mol. The number of anilines is 1. The van der Waals surface area contributed by atoms with Crippen molar-refractivity contribution in [2.45, 2.75) is 33.1 Å². The van der Waals surface area contributed by atoms with Gasteiger partial charge in [0.15, 0.2) is 5.52 Å². The van der Waals surface area contributed by atoms with Crippen LogP contribution in [0.15, 0.2) is 18.2 Å². The predicted molar refractivity (Wildman–Crippen MR) is 86.3 cm³/mol. The Kier molecular flexibility index (Phi) is 4.05. The smallest absolute Gasteiger partial charge is 0.295 e. The molecule has 2 rings (SSSR count). The van der Waals surface area contributed by atoms with Crippen LogP contribution in [0, 0.1) is 10.1 Å². The van der Waals surface area contributed by atoms with Gasteiger partial charge in [-0.2, -0.15) is 0 Å². The van der Waals surface area contributed by atoms with E-state index in [9.17, 15) is 10.1 Å². The van der Waals surface area contributed by atoms with Gasteiger partial charge in [0, 0.05) is 23.6 Å². The molecule has 1 N–H and O–H groups in total. The molecule has 0 spiro atoms. The summed E-state index contributed by atoms with van der Waals surface area (Å²) < 4.78 is 0. The maximum atomic E-state index is 11.2. The van der Waals surface area contributed by atoms with Crippen molar-refractivity contribution < 1.29 is 4.92 Å². The van der Waals surface area contributed by atoms with Crippen molar-refractivity contribution >= 4 is 34.0 Å². The van der Waals surface area contributed by atoms with Gasteiger partial charge in [-0.3, -0.25) is 10.1 Å². The zero-order chi connectivity index (χ0) is 15.8. The summed E-state index contributed by atoms with van der Waals surface area (Å²) in [6.45, 7) is 8.87. The van der Waals surface area contributed by atoms with Crippen LogP contribution < -0.4 is 5.32 Å². The van der Waals surface area contributed by atoms with Crippen LogP contribution in [0.1, 0.15) is 33.3 Å². The number of nitrogens with zero attached hydrogens (tertiary/aromatic N) is 2. The Morgan fingerprint density at radius 1 is 1.38 bits per heavy atom. The third-order valence-electron chi connectivity index (χ3n) is 3.26. The number of aromatic nitrogens is 1. The molecule has 0 saturated heterocycles. The van der Waals surface area contributed by atoms with Crippen LogP contribution in [-0.4, -0.2) is 16.5 Å². The number of pyridine rings is 1. The molecular formula is C15H18ClN3O2. The summed E-state index contributed by atoms with van der Waals surface area (Å²) in [4.78, 5) is 15.2. The zero-order valence-electron chi connectivity index (χ0n) is 12.5. The van der Waals surface area contributed by atoms with E-state index in [1.165, 1.54) is 6.07 Å². The first kappa shape index (κ1) is 15.5. The summed E-state index contributed by atoms with van der Waals surface area (Å²) in [5.74, 6) is 0.669. The van der Waals surface area contributed by atoms with Crippen molar-refractivity contribution in [3.63, 3.8) is 0 Å². The van der Waals surface area contributed by atoms with E-state index in [-0.39, 0.29) is 11.1 Å². The molecule has 0 radical (unpaired) electrons. The van der Waals surface area contributed by atoms with Crippen molar-refractivity contribution in [1.82, 2.24) is 4.98 Å². The molecule has 0 atom stereocenters. The second-order valence-electron chi connectivity index (χ2n) is 5.88. The van der Waals surface area contributed by atoms with Crippen LogP contribution in [0.2, 0.25) is 5.02 Å². The molecule has 1 aromatic heterocycles. The van der Waals surface area contributed by atoms with E-state index in [1.807, 2.05) is 13.0 Å². The van der Waals surface area contributed by atoms with Crippen molar-refractivity contribution in [3.8, 4) is 0 Å². The number of hydrogen-bond donors (Lipinski definition) is 1. The van der Waals surface area contributed by atoms with Crippen LogP contribution in [0.3, 0.4) is 0 Å². The molecule has 1 aromatic carbocycles. The molecule has 0 saturated carbocycles. The highest BCUT2D eigenvalue weighted by Gasteiger charge is 2.23. The molecule has 5 nitrogen and oxygen atoms in total. The Hall–Kier alpha value is -1.88. The Labute approximate surface area is 128 Å². The Morgan fingerprint density at radius 3 is 2.57 bits per heavy atom. The van der Waals surface area contributed by atoms with Crippen LogP contribution in [-0.2, 0) is 5.41 Å². The molecule has 1 heterocycles. The van der Waals surface area contributed by atoms with E-state index in [1.54, 1.807) is 6.07 Å². The number of rotatable bonds is 3. The number of non-ortho nitro benzene ring substituents is 1. The lowest BCUT2D eigenvalue weighted by Gasteiger charge is -2.23. The van der Waals surface area contributed by atoms with Gasteiger partial charge in [0.1, 0.15) is 5.82 Å². The van der Waals surface area contributed by atoms with Gasteiger partial charge in [-0.25, -0.2) is 4.98 Å². The van der Waals surface area contributed by atoms with E-state index in [0.717, 1.165) is 5.56 Å². The highest BCUT2D eigenvalue weighted by atomic mass is 35.5. The first-order chi connectivity index (χ1) is 9.75. The van der Waals surface area contributed by atoms with Crippen molar-refractivity contribution in [1.29, 1.82) is 0 Å².